The minimum absolute atomic E-state index is 0.860. The van der Waals surface area contributed by atoms with Crippen LogP contribution in [0.25, 0.3) is 93.6 Å². The zero-order chi connectivity index (χ0) is 40.3. The molecule has 0 fully saturated rings. The molecule has 0 atom stereocenters. The van der Waals surface area contributed by atoms with Crippen LogP contribution in [0.15, 0.2) is 235 Å². The number of benzene rings is 10. The Balaban J connectivity index is 1.15. The fourth-order valence-corrected chi connectivity index (χ4v) is 9.30. The molecule has 2 heterocycles. The number of fused-ring (bicyclic) bond motifs is 7. The number of furan rings is 1. The Morgan fingerprint density at radius 1 is 0.361 bits per heavy atom. The van der Waals surface area contributed by atoms with Gasteiger partial charge in [-0.1, -0.05) is 152 Å². The maximum absolute atomic E-state index is 6.50. The van der Waals surface area contributed by atoms with Crippen LogP contribution in [0.5, 0.6) is 0 Å². The lowest BCUT2D eigenvalue weighted by molar-refractivity contribution is 0.669. The van der Waals surface area contributed by atoms with E-state index in [-0.39, 0.29) is 0 Å². The van der Waals surface area contributed by atoms with E-state index >= 15 is 0 Å². The van der Waals surface area contributed by atoms with Crippen molar-refractivity contribution in [1.82, 2.24) is 4.57 Å². The van der Waals surface area contributed by atoms with Crippen LogP contribution in [0.4, 0.5) is 17.1 Å². The van der Waals surface area contributed by atoms with Gasteiger partial charge < -0.3 is 13.9 Å². The van der Waals surface area contributed by atoms with Crippen LogP contribution < -0.4 is 4.90 Å². The van der Waals surface area contributed by atoms with Crippen LogP contribution in [0.1, 0.15) is 0 Å². The molecule has 0 N–H and O–H groups in total. The maximum Gasteiger partial charge on any atom is 0.137 e. The Morgan fingerprint density at radius 3 is 1.82 bits per heavy atom. The summed E-state index contributed by atoms with van der Waals surface area (Å²) >= 11 is 0. The minimum Gasteiger partial charge on any atom is -0.456 e. The molecular formula is C58H38N2O. The van der Waals surface area contributed by atoms with Gasteiger partial charge >= 0.3 is 0 Å². The average Bonchev–Trinajstić information content (AvgIpc) is 3.88. The number of aromatic nitrogens is 1. The van der Waals surface area contributed by atoms with Crippen LogP contribution in [-0.4, -0.2) is 4.57 Å². The normalized spacial score (nSPS) is 11.6. The molecule has 0 amide bonds. The molecule has 0 saturated heterocycles. The molecule has 0 radical (unpaired) electrons. The van der Waals surface area contributed by atoms with E-state index in [2.05, 4.69) is 228 Å². The predicted molar refractivity (Wildman–Crippen MR) is 257 cm³/mol. The highest BCUT2D eigenvalue weighted by Gasteiger charge is 2.24. The molecule has 0 aliphatic rings. The standard InChI is InChI=1S/C58H38N2O/c1-4-15-39(16-5-1)45-36-51(42-18-6-2-7-19-42)58-52(37-45)57-53(59(46-21-8-3-9-22-46)48-33-34-50-49-23-12-13-26-55(49)61-56(50)38-48)24-14-25-54(57)60(58)47-31-29-41(30-32-47)44-28-27-40-17-10-11-20-43(40)35-44/h1-38H. The van der Waals surface area contributed by atoms with E-state index in [1.807, 2.05) is 12.1 Å². The van der Waals surface area contributed by atoms with Crippen molar-refractivity contribution < 1.29 is 4.42 Å². The van der Waals surface area contributed by atoms with Gasteiger partial charge in [0, 0.05) is 50.2 Å². The number of hydrogen-bond donors (Lipinski definition) is 0. The lowest BCUT2D eigenvalue weighted by Crippen LogP contribution is -2.10. The molecule has 2 aromatic heterocycles. The first-order chi connectivity index (χ1) is 30.2. The van der Waals surface area contributed by atoms with Crippen LogP contribution in [-0.2, 0) is 0 Å². The Bertz CT molecular complexity index is 3570. The Hall–Kier alpha value is -8.14. The van der Waals surface area contributed by atoms with Crippen molar-refractivity contribution >= 4 is 71.6 Å². The van der Waals surface area contributed by atoms with Gasteiger partial charge in [-0.25, -0.2) is 0 Å². The van der Waals surface area contributed by atoms with Gasteiger partial charge in [0.25, 0.3) is 0 Å². The quantitative estimate of drug-likeness (QED) is 0.161. The van der Waals surface area contributed by atoms with E-state index in [4.69, 9.17) is 4.42 Å². The number of rotatable bonds is 7. The van der Waals surface area contributed by atoms with Crippen molar-refractivity contribution in [2.45, 2.75) is 0 Å². The highest BCUT2D eigenvalue weighted by molar-refractivity contribution is 6.21. The van der Waals surface area contributed by atoms with Crippen molar-refractivity contribution in [2.75, 3.05) is 4.90 Å². The van der Waals surface area contributed by atoms with Gasteiger partial charge in [0.05, 0.1) is 16.7 Å². The number of hydrogen-bond acceptors (Lipinski definition) is 2. The van der Waals surface area contributed by atoms with Gasteiger partial charge in [-0.2, -0.15) is 0 Å². The van der Waals surface area contributed by atoms with Gasteiger partial charge in [-0.3, -0.25) is 0 Å². The van der Waals surface area contributed by atoms with E-state index in [0.717, 1.165) is 55.7 Å². The summed E-state index contributed by atoms with van der Waals surface area (Å²) in [5.74, 6) is 0. The molecule has 0 aliphatic carbocycles. The van der Waals surface area contributed by atoms with Gasteiger partial charge in [-0.15, -0.1) is 0 Å². The highest BCUT2D eigenvalue weighted by Crippen LogP contribution is 2.48. The molecule has 0 saturated carbocycles. The topological polar surface area (TPSA) is 21.3 Å². The monoisotopic (exact) mass is 778 g/mol. The molecule has 0 aliphatic heterocycles. The van der Waals surface area contributed by atoms with Crippen LogP contribution in [0.3, 0.4) is 0 Å². The third-order valence-electron chi connectivity index (χ3n) is 12.1. The van der Waals surface area contributed by atoms with Gasteiger partial charge in [0.2, 0.25) is 0 Å². The maximum atomic E-state index is 6.50. The summed E-state index contributed by atoms with van der Waals surface area (Å²) in [6.07, 6.45) is 0. The smallest absolute Gasteiger partial charge is 0.137 e. The van der Waals surface area contributed by atoms with E-state index in [0.29, 0.717) is 0 Å². The summed E-state index contributed by atoms with van der Waals surface area (Å²) in [6.45, 7) is 0. The van der Waals surface area contributed by atoms with Crippen molar-refractivity contribution in [3.63, 3.8) is 0 Å². The Labute approximate surface area is 353 Å². The SMILES string of the molecule is c1ccc(-c2cc(-c3ccccc3)c3c(c2)c2c(N(c4ccccc4)c4ccc5c(c4)oc4ccccc45)cccc2n3-c2ccc(-c3ccc4ccccc4c3)cc2)cc1. The van der Waals surface area contributed by atoms with Crippen molar-refractivity contribution in [2.24, 2.45) is 0 Å². The first-order valence-electron chi connectivity index (χ1n) is 20.8. The fraction of sp³-hybridized carbons (Fsp3) is 0. The molecule has 12 aromatic rings. The van der Waals surface area contributed by atoms with Gasteiger partial charge in [0.1, 0.15) is 11.2 Å². The third-order valence-corrected chi connectivity index (χ3v) is 12.1. The highest BCUT2D eigenvalue weighted by atomic mass is 16.3. The summed E-state index contributed by atoms with van der Waals surface area (Å²) in [5.41, 5.74) is 15.4. The summed E-state index contributed by atoms with van der Waals surface area (Å²) in [5, 5.41) is 7.05. The van der Waals surface area contributed by atoms with Crippen molar-refractivity contribution in [3.8, 4) is 39.1 Å². The van der Waals surface area contributed by atoms with E-state index < -0.39 is 0 Å². The summed E-state index contributed by atoms with van der Waals surface area (Å²) in [4.78, 5) is 2.39. The summed E-state index contributed by atoms with van der Waals surface area (Å²) in [7, 11) is 0. The molecule has 12 rings (SSSR count). The zero-order valence-electron chi connectivity index (χ0n) is 33.2. The largest absolute Gasteiger partial charge is 0.456 e. The number of para-hydroxylation sites is 2. The van der Waals surface area contributed by atoms with E-state index in [1.54, 1.807) is 0 Å². The zero-order valence-corrected chi connectivity index (χ0v) is 33.2. The second kappa shape index (κ2) is 14.3. The average molecular weight is 779 g/mol. The lowest BCUT2D eigenvalue weighted by atomic mass is 9.95. The minimum atomic E-state index is 0.860. The second-order valence-corrected chi connectivity index (χ2v) is 15.7. The van der Waals surface area contributed by atoms with Crippen LogP contribution >= 0.6 is 0 Å². The first kappa shape index (κ1) is 34.9. The molecule has 286 valence electrons. The first-order valence-corrected chi connectivity index (χ1v) is 20.8. The molecule has 0 unspecified atom stereocenters. The summed E-state index contributed by atoms with van der Waals surface area (Å²) < 4.78 is 8.97. The molecule has 10 aromatic carbocycles. The second-order valence-electron chi connectivity index (χ2n) is 15.7. The van der Waals surface area contributed by atoms with Gasteiger partial charge in [0.15, 0.2) is 0 Å². The van der Waals surface area contributed by atoms with Crippen LogP contribution in [0, 0.1) is 0 Å². The van der Waals surface area contributed by atoms with Crippen molar-refractivity contribution in [3.05, 3.63) is 231 Å². The molecular weight excluding hydrogens is 741 g/mol. The number of nitrogens with zero attached hydrogens (tertiary/aromatic N) is 2. The molecule has 3 nitrogen and oxygen atoms in total. The Morgan fingerprint density at radius 2 is 1.02 bits per heavy atom. The van der Waals surface area contributed by atoms with E-state index in [1.165, 1.54) is 54.9 Å². The Kier molecular flexibility index (Phi) is 8.17. The predicted octanol–water partition coefficient (Wildman–Crippen LogP) is 16.3. The van der Waals surface area contributed by atoms with E-state index in [9.17, 15) is 0 Å². The molecule has 61 heavy (non-hydrogen) atoms. The number of anilines is 3. The van der Waals surface area contributed by atoms with Crippen molar-refractivity contribution in [1.29, 1.82) is 0 Å². The molecule has 3 heteroatoms. The molecule has 0 spiro atoms. The fourth-order valence-electron chi connectivity index (χ4n) is 9.30. The lowest BCUT2D eigenvalue weighted by Gasteiger charge is -2.26. The third kappa shape index (κ3) is 5.90. The summed E-state index contributed by atoms with van der Waals surface area (Å²) in [6, 6.07) is 83.1. The van der Waals surface area contributed by atoms with Crippen LogP contribution in [0.2, 0.25) is 0 Å². The molecule has 0 bridgehead atoms. The van der Waals surface area contributed by atoms with Gasteiger partial charge in [-0.05, 0) is 111 Å².